The van der Waals surface area contributed by atoms with Crippen LogP contribution in [0.2, 0.25) is 0 Å². The average Bonchev–Trinajstić information content (AvgIpc) is 2.29. The molecule has 4 atom stereocenters. The monoisotopic (exact) mass is 280 g/mol. The summed E-state index contributed by atoms with van der Waals surface area (Å²) in [4.78, 5) is 0. The maximum atomic E-state index is 9.19. The third-order valence-corrected chi connectivity index (χ3v) is 2.18. The van der Waals surface area contributed by atoms with Crippen molar-refractivity contribution < 1.29 is 29.5 Å². The Morgan fingerprint density at radius 2 is 1.26 bits per heavy atom. The Morgan fingerprint density at radius 1 is 0.737 bits per heavy atom. The van der Waals surface area contributed by atoms with Crippen molar-refractivity contribution in [2.75, 3.05) is 33.0 Å². The Kier molecular flexibility index (Phi) is 11.4. The van der Waals surface area contributed by atoms with Gasteiger partial charge in [0.25, 0.3) is 0 Å². The number of hydrogen-bond donors (Lipinski definition) is 3. The van der Waals surface area contributed by atoms with E-state index in [0.29, 0.717) is 19.6 Å². The van der Waals surface area contributed by atoms with E-state index in [1.54, 1.807) is 20.8 Å². The third kappa shape index (κ3) is 14.0. The summed E-state index contributed by atoms with van der Waals surface area (Å²) in [6.07, 6.45) is -1.11. The van der Waals surface area contributed by atoms with Crippen LogP contribution in [0, 0.1) is 0 Å². The van der Waals surface area contributed by atoms with Crippen molar-refractivity contribution in [2.45, 2.75) is 51.6 Å². The quantitative estimate of drug-likeness (QED) is 0.434. The first-order valence-corrected chi connectivity index (χ1v) is 6.73. The van der Waals surface area contributed by atoms with Gasteiger partial charge in [-0.3, -0.25) is 0 Å². The molecular weight excluding hydrogens is 252 g/mol. The van der Waals surface area contributed by atoms with Gasteiger partial charge in [0.15, 0.2) is 0 Å². The van der Waals surface area contributed by atoms with Gasteiger partial charge >= 0.3 is 0 Å². The molecule has 0 aromatic heterocycles. The fourth-order valence-corrected chi connectivity index (χ4v) is 1.33. The number of ether oxygens (including phenoxy) is 3. The van der Waals surface area contributed by atoms with Crippen molar-refractivity contribution in [3.63, 3.8) is 0 Å². The maximum Gasteiger partial charge on any atom is 0.0831 e. The van der Waals surface area contributed by atoms with Gasteiger partial charge in [-0.25, -0.2) is 0 Å². The fourth-order valence-electron chi connectivity index (χ4n) is 1.33. The smallest absolute Gasteiger partial charge is 0.0831 e. The number of aliphatic hydroxyl groups excluding tert-OH is 3. The summed E-state index contributed by atoms with van der Waals surface area (Å²) in [5.41, 5.74) is 0. The normalized spacial score (nSPS) is 18.0. The minimum Gasteiger partial charge on any atom is -0.391 e. The molecule has 0 aliphatic rings. The first-order valence-electron chi connectivity index (χ1n) is 6.73. The van der Waals surface area contributed by atoms with Crippen LogP contribution in [0.1, 0.15) is 27.2 Å². The molecule has 116 valence electrons. The molecule has 0 aromatic carbocycles. The topological polar surface area (TPSA) is 88.4 Å². The summed E-state index contributed by atoms with van der Waals surface area (Å²) in [5.74, 6) is 0. The van der Waals surface area contributed by atoms with E-state index >= 15 is 0 Å². The van der Waals surface area contributed by atoms with Gasteiger partial charge in [-0.2, -0.15) is 0 Å². The van der Waals surface area contributed by atoms with Crippen LogP contribution in [0.25, 0.3) is 0 Å². The molecule has 0 aliphatic heterocycles. The zero-order chi connectivity index (χ0) is 14.7. The Bertz CT molecular complexity index is 196. The highest BCUT2D eigenvalue weighted by molar-refractivity contribution is 4.59. The number of rotatable bonds is 12. The molecule has 0 saturated carbocycles. The lowest BCUT2D eigenvalue weighted by Gasteiger charge is -2.19. The molecule has 0 heterocycles. The highest BCUT2D eigenvalue weighted by Crippen LogP contribution is 2.03. The molecule has 6 nitrogen and oxygen atoms in total. The third-order valence-electron chi connectivity index (χ3n) is 2.18. The van der Waals surface area contributed by atoms with Gasteiger partial charge in [0, 0.05) is 6.61 Å². The minimum absolute atomic E-state index is 0.192. The van der Waals surface area contributed by atoms with Crippen molar-refractivity contribution in [3.05, 3.63) is 0 Å². The van der Waals surface area contributed by atoms with Gasteiger partial charge in [0.1, 0.15) is 0 Å². The summed E-state index contributed by atoms with van der Waals surface area (Å²) in [6.45, 7) is 6.53. The molecule has 0 bridgehead atoms. The largest absolute Gasteiger partial charge is 0.391 e. The molecule has 6 heteroatoms. The zero-order valence-electron chi connectivity index (χ0n) is 12.1. The van der Waals surface area contributed by atoms with Crippen LogP contribution in [-0.4, -0.2) is 72.8 Å². The van der Waals surface area contributed by atoms with Crippen LogP contribution in [0.4, 0.5) is 0 Å². The molecule has 0 fully saturated rings. The highest BCUT2D eigenvalue weighted by atomic mass is 16.5. The van der Waals surface area contributed by atoms with E-state index in [1.807, 2.05) is 0 Å². The standard InChI is InChI=1S/C13H28O6/c1-10(14)6-17-5-4-13(19-8-12(3)16)9-18-7-11(2)15/h10-16H,4-9H2,1-3H3. The molecule has 0 amide bonds. The summed E-state index contributed by atoms with van der Waals surface area (Å²) in [7, 11) is 0. The highest BCUT2D eigenvalue weighted by Gasteiger charge is 2.12. The van der Waals surface area contributed by atoms with Crippen molar-refractivity contribution in [3.8, 4) is 0 Å². The zero-order valence-corrected chi connectivity index (χ0v) is 12.1. The molecule has 3 N–H and O–H groups in total. The van der Waals surface area contributed by atoms with Crippen molar-refractivity contribution in [1.29, 1.82) is 0 Å². The summed E-state index contributed by atoms with van der Waals surface area (Å²) in [5, 5.41) is 27.3. The van der Waals surface area contributed by atoms with Crippen LogP contribution in [-0.2, 0) is 14.2 Å². The lowest BCUT2D eigenvalue weighted by molar-refractivity contribution is -0.0695. The van der Waals surface area contributed by atoms with Crippen LogP contribution in [0.15, 0.2) is 0 Å². The average molecular weight is 280 g/mol. The number of hydrogen-bond acceptors (Lipinski definition) is 6. The van der Waals surface area contributed by atoms with Gasteiger partial charge in [-0.15, -0.1) is 0 Å². The molecule has 0 radical (unpaired) electrons. The van der Waals surface area contributed by atoms with E-state index in [1.165, 1.54) is 0 Å². The summed E-state index contributed by atoms with van der Waals surface area (Å²) >= 11 is 0. The second-order valence-electron chi connectivity index (χ2n) is 4.90. The molecule has 4 unspecified atom stereocenters. The second kappa shape index (κ2) is 11.6. The van der Waals surface area contributed by atoms with Crippen molar-refractivity contribution in [1.82, 2.24) is 0 Å². The SMILES string of the molecule is CC(O)COCCC(COCC(C)O)OCC(C)O. The van der Waals surface area contributed by atoms with Gasteiger partial charge < -0.3 is 29.5 Å². The summed E-state index contributed by atoms with van der Waals surface area (Å²) in [6, 6.07) is 0. The first kappa shape index (κ1) is 18.8. The molecular formula is C13H28O6. The maximum absolute atomic E-state index is 9.19. The Labute approximate surface area is 115 Å². The van der Waals surface area contributed by atoms with E-state index in [0.717, 1.165) is 0 Å². The predicted molar refractivity (Wildman–Crippen MR) is 71.0 cm³/mol. The molecule has 0 aromatic rings. The molecule has 19 heavy (non-hydrogen) atoms. The number of aliphatic hydroxyl groups is 3. The Morgan fingerprint density at radius 3 is 1.79 bits per heavy atom. The lowest BCUT2D eigenvalue weighted by atomic mass is 10.2. The van der Waals surface area contributed by atoms with E-state index < -0.39 is 18.3 Å². The van der Waals surface area contributed by atoms with Crippen LogP contribution in [0.3, 0.4) is 0 Å². The van der Waals surface area contributed by atoms with Gasteiger partial charge in [-0.05, 0) is 27.2 Å². The Balaban J connectivity index is 3.82. The van der Waals surface area contributed by atoms with E-state index in [2.05, 4.69) is 0 Å². The van der Waals surface area contributed by atoms with Gasteiger partial charge in [-0.1, -0.05) is 0 Å². The molecule has 0 saturated heterocycles. The van der Waals surface area contributed by atoms with E-state index in [-0.39, 0.29) is 25.9 Å². The van der Waals surface area contributed by atoms with E-state index in [9.17, 15) is 5.11 Å². The first-order chi connectivity index (χ1) is 8.91. The summed E-state index contributed by atoms with van der Waals surface area (Å²) < 4.78 is 16.1. The second-order valence-corrected chi connectivity index (χ2v) is 4.90. The van der Waals surface area contributed by atoms with Crippen molar-refractivity contribution in [2.24, 2.45) is 0 Å². The van der Waals surface area contributed by atoms with E-state index in [4.69, 9.17) is 24.4 Å². The molecule has 0 rings (SSSR count). The lowest BCUT2D eigenvalue weighted by Crippen LogP contribution is -2.27. The van der Waals surface area contributed by atoms with Crippen LogP contribution >= 0.6 is 0 Å². The van der Waals surface area contributed by atoms with Crippen LogP contribution < -0.4 is 0 Å². The van der Waals surface area contributed by atoms with Crippen LogP contribution in [0.5, 0.6) is 0 Å². The van der Waals surface area contributed by atoms with Gasteiger partial charge in [0.05, 0.1) is 50.8 Å². The van der Waals surface area contributed by atoms with Gasteiger partial charge in [0.2, 0.25) is 0 Å². The fraction of sp³-hybridized carbons (Fsp3) is 1.00. The van der Waals surface area contributed by atoms with Crippen molar-refractivity contribution >= 4 is 0 Å². The molecule has 0 spiro atoms. The Hall–Kier alpha value is -0.240. The molecule has 0 aliphatic carbocycles. The minimum atomic E-state index is -0.530. The predicted octanol–water partition coefficient (Wildman–Crippen LogP) is -0.0627.